The van der Waals surface area contributed by atoms with Crippen molar-refractivity contribution in [2.45, 2.75) is 31.0 Å². The highest BCUT2D eigenvalue weighted by Gasteiger charge is 2.40. The van der Waals surface area contributed by atoms with Crippen LogP contribution >= 0.6 is 15.9 Å². The lowest BCUT2D eigenvalue weighted by atomic mass is 9.72. The molecular weight excluding hydrogens is 311 g/mol. The smallest absolute Gasteiger partial charge is 0.416 e. The van der Waals surface area contributed by atoms with Gasteiger partial charge in [0.15, 0.2) is 0 Å². The molecule has 0 heterocycles. The Morgan fingerprint density at radius 3 is 2.33 bits per heavy atom. The van der Waals surface area contributed by atoms with Gasteiger partial charge in [-0.05, 0) is 47.3 Å². The van der Waals surface area contributed by atoms with Gasteiger partial charge in [0.2, 0.25) is 0 Å². The summed E-state index contributed by atoms with van der Waals surface area (Å²) in [5, 5.41) is 0. The van der Waals surface area contributed by atoms with Gasteiger partial charge in [-0.25, -0.2) is 0 Å². The summed E-state index contributed by atoms with van der Waals surface area (Å²) in [6, 6.07) is 2.12. The van der Waals surface area contributed by atoms with Gasteiger partial charge in [0.1, 0.15) is 5.75 Å². The number of hydrogen-bond acceptors (Lipinski definition) is 2. The number of hydrogen-bond donors (Lipinski definition) is 1. The van der Waals surface area contributed by atoms with Crippen molar-refractivity contribution in [3.8, 4) is 5.75 Å². The highest BCUT2D eigenvalue weighted by atomic mass is 79.9. The molecule has 2 N–H and O–H groups in total. The number of benzene rings is 1. The molecule has 0 atom stereocenters. The zero-order valence-corrected chi connectivity index (χ0v) is 11.4. The molecular formula is C12H13BrF3NO. The van der Waals surface area contributed by atoms with E-state index in [0.717, 1.165) is 18.6 Å². The minimum Gasteiger partial charge on any atom is -0.495 e. The van der Waals surface area contributed by atoms with Crippen LogP contribution < -0.4 is 10.5 Å². The molecule has 0 amide bonds. The summed E-state index contributed by atoms with van der Waals surface area (Å²) in [5.74, 6) is 0.394. The summed E-state index contributed by atoms with van der Waals surface area (Å²) in [4.78, 5) is 0. The summed E-state index contributed by atoms with van der Waals surface area (Å²) in [6.07, 6.45) is -2.11. The zero-order chi connectivity index (χ0) is 13.6. The number of halogens is 4. The van der Waals surface area contributed by atoms with Crippen LogP contribution in [0.2, 0.25) is 0 Å². The minimum absolute atomic E-state index is 0.284. The number of methoxy groups -OCH3 is 1. The maximum atomic E-state index is 12.8. The van der Waals surface area contributed by atoms with E-state index in [1.165, 1.54) is 7.11 Å². The summed E-state index contributed by atoms with van der Waals surface area (Å²) >= 11 is 3.12. The van der Waals surface area contributed by atoms with Crippen molar-refractivity contribution in [2.75, 3.05) is 7.11 Å². The third kappa shape index (κ3) is 2.23. The van der Waals surface area contributed by atoms with E-state index in [4.69, 9.17) is 10.5 Å². The van der Waals surface area contributed by atoms with Crippen LogP contribution in [0.25, 0.3) is 0 Å². The molecule has 1 fully saturated rings. The van der Waals surface area contributed by atoms with Crippen LogP contribution in [0.5, 0.6) is 5.75 Å². The van der Waals surface area contributed by atoms with E-state index < -0.39 is 17.3 Å². The Labute approximate surface area is 111 Å². The molecule has 0 aromatic heterocycles. The SMILES string of the molecule is COc1c(Br)cc(C(F)(F)F)cc1C1(N)CCC1. The molecule has 0 saturated heterocycles. The van der Waals surface area contributed by atoms with E-state index in [1.54, 1.807) is 0 Å². The molecule has 1 saturated carbocycles. The zero-order valence-electron chi connectivity index (χ0n) is 9.77. The number of nitrogens with two attached hydrogens (primary N) is 1. The van der Waals surface area contributed by atoms with Crippen molar-refractivity contribution >= 4 is 15.9 Å². The second kappa shape index (κ2) is 4.42. The Morgan fingerprint density at radius 2 is 1.94 bits per heavy atom. The van der Waals surface area contributed by atoms with Gasteiger partial charge in [0, 0.05) is 11.1 Å². The standard InChI is InChI=1S/C12H13BrF3NO/c1-18-10-8(11(17)3-2-4-11)5-7(6-9(10)13)12(14,15)16/h5-6H,2-4,17H2,1H3. The number of ether oxygens (including phenoxy) is 1. The van der Waals surface area contributed by atoms with Crippen LogP contribution in [-0.4, -0.2) is 7.11 Å². The lowest BCUT2D eigenvalue weighted by molar-refractivity contribution is -0.137. The average Bonchev–Trinajstić information content (AvgIpc) is 2.23. The maximum Gasteiger partial charge on any atom is 0.416 e. The summed E-state index contributed by atoms with van der Waals surface area (Å²) in [5.41, 5.74) is 5.14. The first-order valence-electron chi connectivity index (χ1n) is 5.52. The lowest BCUT2D eigenvalue weighted by Gasteiger charge is -2.39. The molecule has 0 spiro atoms. The van der Waals surface area contributed by atoms with Gasteiger partial charge in [-0.3, -0.25) is 0 Å². The molecule has 1 aliphatic rings. The van der Waals surface area contributed by atoms with Gasteiger partial charge < -0.3 is 10.5 Å². The van der Waals surface area contributed by atoms with E-state index in [2.05, 4.69) is 15.9 Å². The van der Waals surface area contributed by atoms with Crippen molar-refractivity contribution in [3.05, 3.63) is 27.7 Å². The highest BCUT2D eigenvalue weighted by molar-refractivity contribution is 9.10. The molecule has 1 aromatic rings. The first-order chi connectivity index (χ1) is 8.28. The molecule has 100 valence electrons. The Kier molecular flexibility index (Phi) is 3.36. The van der Waals surface area contributed by atoms with Crippen LogP contribution in [0.15, 0.2) is 16.6 Å². The van der Waals surface area contributed by atoms with Crippen LogP contribution in [0.4, 0.5) is 13.2 Å². The fraction of sp³-hybridized carbons (Fsp3) is 0.500. The first kappa shape index (κ1) is 13.7. The summed E-state index contributed by atoms with van der Waals surface area (Å²) in [6.45, 7) is 0. The maximum absolute atomic E-state index is 12.8. The largest absolute Gasteiger partial charge is 0.495 e. The summed E-state index contributed by atoms with van der Waals surface area (Å²) < 4.78 is 43.8. The van der Waals surface area contributed by atoms with E-state index in [-0.39, 0.29) is 4.47 Å². The predicted molar refractivity (Wildman–Crippen MR) is 65.4 cm³/mol. The fourth-order valence-corrected chi connectivity index (χ4v) is 2.78. The molecule has 0 aliphatic heterocycles. The minimum atomic E-state index is -4.39. The van der Waals surface area contributed by atoms with Gasteiger partial charge in [0.25, 0.3) is 0 Å². The van der Waals surface area contributed by atoms with Gasteiger partial charge in [-0.1, -0.05) is 0 Å². The number of alkyl halides is 3. The quantitative estimate of drug-likeness (QED) is 0.898. The average molecular weight is 324 g/mol. The van der Waals surface area contributed by atoms with Gasteiger partial charge in [-0.15, -0.1) is 0 Å². The number of rotatable bonds is 2. The van der Waals surface area contributed by atoms with Crippen LogP contribution in [0, 0.1) is 0 Å². The Hall–Kier alpha value is -0.750. The molecule has 1 aliphatic carbocycles. The van der Waals surface area contributed by atoms with Gasteiger partial charge in [0.05, 0.1) is 17.1 Å². The fourth-order valence-electron chi connectivity index (χ4n) is 2.16. The van der Waals surface area contributed by atoms with Crippen LogP contribution in [-0.2, 0) is 11.7 Å². The molecule has 2 nitrogen and oxygen atoms in total. The molecule has 6 heteroatoms. The monoisotopic (exact) mass is 323 g/mol. The lowest BCUT2D eigenvalue weighted by Crippen LogP contribution is -2.43. The highest BCUT2D eigenvalue weighted by Crippen LogP contribution is 2.47. The third-order valence-electron chi connectivity index (χ3n) is 3.36. The van der Waals surface area contributed by atoms with E-state index in [0.29, 0.717) is 24.2 Å². The van der Waals surface area contributed by atoms with E-state index in [1.807, 2.05) is 0 Å². The molecule has 18 heavy (non-hydrogen) atoms. The summed E-state index contributed by atoms with van der Waals surface area (Å²) in [7, 11) is 1.43. The second-order valence-electron chi connectivity index (χ2n) is 4.55. The van der Waals surface area contributed by atoms with Crippen molar-refractivity contribution in [3.63, 3.8) is 0 Å². The molecule has 2 rings (SSSR count). The van der Waals surface area contributed by atoms with Crippen molar-refractivity contribution < 1.29 is 17.9 Å². The Morgan fingerprint density at radius 1 is 1.33 bits per heavy atom. The van der Waals surface area contributed by atoms with Crippen LogP contribution in [0.3, 0.4) is 0 Å². The van der Waals surface area contributed by atoms with Crippen molar-refractivity contribution in [1.29, 1.82) is 0 Å². The van der Waals surface area contributed by atoms with Crippen molar-refractivity contribution in [1.82, 2.24) is 0 Å². The van der Waals surface area contributed by atoms with Crippen LogP contribution in [0.1, 0.15) is 30.4 Å². The normalized spacial score (nSPS) is 18.3. The predicted octanol–water partition coefficient (Wildman–Crippen LogP) is 3.81. The van der Waals surface area contributed by atoms with Crippen molar-refractivity contribution in [2.24, 2.45) is 5.73 Å². The molecule has 0 unspecified atom stereocenters. The first-order valence-corrected chi connectivity index (χ1v) is 6.31. The Balaban J connectivity index is 2.58. The molecule has 0 radical (unpaired) electrons. The second-order valence-corrected chi connectivity index (χ2v) is 5.40. The molecule has 1 aromatic carbocycles. The van der Waals surface area contributed by atoms with Gasteiger partial charge in [-0.2, -0.15) is 13.2 Å². The van der Waals surface area contributed by atoms with Gasteiger partial charge >= 0.3 is 6.18 Å². The topological polar surface area (TPSA) is 35.2 Å². The molecule has 0 bridgehead atoms. The third-order valence-corrected chi connectivity index (χ3v) is 3.95. The van der Waals surface area contributed by atoms with E-state index >= 15 is 0 Å². The Bertz CT molecular complexity index is 469. The van der Waals surface area contributed by atoms with E-state index in [9.17, 15) is 13.2 Å².